The van der Waals surface area contributed by atoms with E-state index in [1.807, 2.05) is 48.5 Å². The van der Waals surface area contributed by atoms with E-state index in [1.165, 1.54) is 0 Å². The summed E-state index contributed by atoms with van der Waals surface area (Å²) in [4.78, 5) is 11.1. The summed E-state index contributed by atoms with van der Waals surface area (Å²) in [7, 11) is 0. The molecule has 1 fully saturated rings. The van der Waals surface area contributed by atoms with Gasteiger partial charge in [-0.15, -0.1) is 5.10 Å². The Kier molecular flexibility index (Phi) is 4.65. The molecular weight excluding hydrogens is 366 g/mol. The maximum Gasteiger partial charge on any atom is 0.246 e. The average molecular weight is 387 g/mol. The Morgan fingerprint density at radius 3 is 2.69 bits per heavy atom. The average Bonchev–Trinajstić information content (AvgIpc) is 3.24. The van der Waals surface area contributed by atoms with Crippen molar-refractivity contribution in [1.29, 1.82) is 0 Å². The normalized spacial score (nSPS) is 16.2. The highest BCUT2D eigenvalue weighted by molar-refractivity contribution is 5.82. The van der Waals surface area contributed by atoms with Crippen molar-refractivity contribution >= 4 is 16.9 Å². The summed E-state index contributed by atoms with van der Waals surface area (Å²) in [5, 5.41) is 20.0. The standard InChI is InChI=1S/C22H21N5O2/c28-21(17-6-3-4-10-23-17)15-8-11-27(12-9-15)22-25-18(14-24-26-22)20-13-16-5-1-2-7-19(16)29-20/h1-7,10,13-15,21,28H,8-9,11-12H2. The predicted molar refractivity (Wildman–Crippen MR) is 109 cm³/mol. The van der Waals surface area contributed by atoms with E-state index in [9.17, 15) is 5.11 Å². The number of furan rings is 1. The Hall–Kier alpha value is -3.32. The molecule has 0 aliphatic carbocycles. The van der Waals surface area contributed by atoms with Gasteiger partial charge in [0.1, 0.15) is 11.3 Å². The lowest BCUT2D eigenvalue weighted by Gasteiger charge is -2.33. The SMILES string of the molecule is OC(c1ccccn1)C1CCN(c2nncc(-c3cc4ccccc4o3)n2)CC1. The molecule has 0 radical (unpaired) electrons. The lowest BCUT2D eigenvalue weighted by atomic mass is 9.89. The molecule has 1 atom stereocenters. The van der Waals surface area contributed by atoms with E-state index in [0.717, 1.165) is 42.6 Å². The Labute approximate surface area is 168 Å². The Balaban J connectivity index is 1.31. The number of aliphatic hydroxyl groups excluding tert-OH is 1. The molecular formula is C22H21N5O2. The lowest BCUT2D eigenvalue weighted by molar-refractivity contribution is 0.0889. The van der Waals surface area contributed by atoms with Crippen molar-refractivity contribution in [2.24, 2.45) is 5.92 Å². The van der Waals surface area contributed by atoms with Crippen molar-refractivity contribution in [2.45, 2.75) is 18.9 Å². The molecule has 7 nitrogen and oxygen atoms in total. The number of rotatable bonds is 4. The number of para-hydroxylation sites is 1. The van der Waals surface area contributed by atoms with Crippen LogP contribution in [0, 0.1) is 5.92 Å². The molecule has 0 bridgehead atoms. The Bertz CT molecular complexity index is 1070. The first-order valence-corrected chi connectivity index (χ1v) is 9.80. The highest BCUT2D eigenvalue weighted by Crippen LogP contribution is 2.31. The van der Waals surface area contributed by atoms with E-state index < -0.39 is 6.10 Å². The number of anilines is 1. The van der Waals surface area contributed by atoms with Gasteiger partial charge in [0.25, 0.3) is 0 Å². The third-order valence-electron chi connectivity index (χ3n) is 5.49. The van der Waals surface area contributed by atoms with Gasteiger partial charge in [0.05, 0.1) is 18.0 Å². The van der Waals surface area contributed by atoms with E-state index in [-0.39, 0.29) is 5.92 Å². The first-order valence-electron chi connectivity index (χ1n) is 9.80. The van der Waals surface area contributed by atoms with Gasteiger partial charge in [-0.2, -0.15) is 5.10 Å². The summed E-state index contributed by atoms with van der Waals surface area (Å²) in [5.41, 5.74) is 2.23. The summed E-state index contributed by atoms with van der Waals surface area (Å²) < 4.78 is 5.91. The summed E-state index contributed by atoms with van der Waals surface area (Å²) >= 11 is 0. The van der Waals surface area contributed by atoms with Crippen molar-refractivity contribution in [3.63, 3.8) is 0 Å². The zero-order chi connectivity index (χ0) is 19.6. The molecule has 1 aliphatic rings. The van der Waals surface area contributed by atoms with Gasteiger partial charge in [-0.25, -0.2) is 4.98 Å². The quantitative estimate of drug-likeness (QED) is 0.572. The topological polar surface area (TPSA) is 88.2 Å². The van der Waals surface area contributed by atoms with Crippen molar-refractivity contribution in [2.75, 3.05) is 18.0 Å². The van der Waals surface area contributed by atoms with Crippen molar-refractivity contribution in [3.8, 4) is 11.5 Å². The number of piperidine rings is 1. The number of aromatic nitrogens is 4. The molecule has 7 heteroatoms. The fourth-order valence-electron chi connectivity index (χ4n) is 3.86. The molecule has 5 rings (SSSR count). The van der Waals surface area contributed by atoms with Crippen LogP contribution < -0.4 is 4.90 Å². The molecule has 1 unspecified atom stereocenters. The van der Waals surface area contributed by atoms with Crippen LogP contribution in [0.4, 0.5) is 5.95 Å². The molecule has 1 saturated heterocycles. The van der Waals surface area contributed by atoms with Crippen LogP contribution >= 0.6 is 0 Å². The first-order chi connectivity index (χ1) is 14.3. The zero-order valence-electron chi connectivity index (χ0n) is 15.8. The van der Waals surface area contributed by atoms with Crippen LogP contribution in [0.1, 0.15) is 24.6 Å². The minimum atomic E-state index is -0.542. The molecule has 4 aromatic rings. The maximum atomic E-state index is 10.6. The third-order valence-corrected chi connectivity index (χ3v) is 5.49. The summed E-state index contributed by atoms with van der Waals surface area (Å²) in [6.45, 7) is 1.53. The molecule has 1 aromatic carbocycles. The Morgan fingerprint density at radius 2 is 1.90 bits per heavy atom. The maximum absolute atomic E-state index is 10.6. The van der Waals surface area contributed by atoms with Crippen LogP contribution in [0.5, 0.6) is 0 Å². The second-order valence-electron chi connectivity index (χ2n) is 7.31. The van der Waals surface area contributed by atoms with E-state index in [0.29, 0.717) is 17.4 Å². The molecule has 29 heavy (non-hydrogen) atoms. The predicted octanol–water partition coefficient (Wildman–Crippen LogP) is 3.63. The molecule has 4 heterocycles. The molecule has 0 amide bonds. The molecule has 0 saturated carbocycles. The third kappa shape index (κ3) is 3.56. The monoisotopic (exact) mass is 387 g/mol. The van der Waals surface area contributed by atoms with Crippen LogP contribution in [0.15, 0.2) is 65.3 Å². The fourth-order valence-corrected chi connectivity index (χ4v) is 3.86. The van der Waals surface area contributed by atoms with Gasteiger partial charge < -0.3 is 14.4 Å². The van der Waals surface area contributed by atoms with E-state index in [1.54, 1.807) is 12.4 Å². The van der Waals surface area contributed by atoms with Gasteiger partial charge in [0.15, 0.2) is 5.76 Å². The van der Waals surface area contributed by atoms with Gasteiger partial charge in [-0.3, -0.25) is 4.98 Å². The number of fused-ring (bicyclic) bond motifs is 1. The van der Waals surface area contributed by atoms with Gasteiger partial charge in [-0.1, -0.05) is 24.3 Å². The highest BCUT2D eigenvalue weighted by Gasteiger charge is 2.28. The Morgan fingerprint density at radius 1 is 1.07 bits per heavy atom. The van der Waals surface area contributed by atoms with E-state index in [2.05, 4.69) is 25.1 Å². The van der Waals surface area contributed by atoms with Gasteiger partial charge in [0.2, 0.25) is 5.95 Å². The summed E-state index contributed by atoms with van der Waals surface area (Å²) in [5.74, 6) is 1.45. The number of aliphatic hydroxyl groups is 1. The van der Waals surface area contributed by atoms with Crippen LogP contribution in [0.2, 0.25) is 0 Å². The largest absolute Gasteiger partial charge is 0.454 e. The fraction of sp³-hybridized carbons (Fsp3) is 0.273. The summed E-state index contributed by atoms with van der Waals surface area (Å²) in [6, 6.07) is 15.5. The van der Waals surface area contributed by atoms with Crippen LogP contribution in [0.3, 0.4) is 0 Å². The lowest BCUT2D eigenvalue weighted by Crippen LogP contribution is -2.37. The first kappa shape index (κ1) is 17.8. The second-order valence-corrected chi connectivity index (χ2v) is 7.31. The van der Waals surface area contributed by atoms with E-state index >= 15 is 0 Å². The number of pyridine rings is 1. The molecule has 3 aromatic heterocycles. The number of nitrogens with zero attached hydrogens (tertiary/aromatic N) is 5. The van der Waals surface area contributed by atoms with Crippen LogP contribution in [-0.2, 0) is 0 Å². The van der Waals surface area contributed by atoms with Crippen molar-refractivity contribution in [1.82, 2.24) is 20.2 Å². The van der Waals surface area contributed by atoms with Gasteiger partial charge in [0, 0.05) is 24.7 Å². The number of benzene rings is 1. The second kappa shape index (κ2) is 7.60. The number of hydrogen-bond acceptors (Lipinski definition) is 7. The number of hydrogen-bond donors (Lipinski definition) is 1. The minimum Gasteiger partial charge on any atom is -0.454 e. The molecule has 0 spiro atoms. The van der Waals surface area contributed by atoms with Crippen molar-refractivity contribution in [3.05, 3.63) is 66.6 Å². The molecule has 1 aliphatic heterocycles. The molecule has 146 valence electrons. The minimum absolute atomic E-state index is 0.174. The van der Waals surface area contributed by atoms with Crippen LogP contribution in [-0.4, -0.2) is 38.4 Å². The summed E-state index contributed by atoms with van der Waals surface area (Å²) in [6.07, 6.45) is 4.49. The highest BCUT2D eigenvalue weighted by atomic mass is 16.3. The van der Waals surface area contributed by atoms with E-state index in [4.69, 9.17) is 4.42 Å². The van der Waals surface area contributed by atoms with Gasteiger partial charge >= 0.3 is 0 Å². The van der Waals surface area contributed by atoms with Crippen molar-refractivity contribution < 1.29 is 9.52 Å². The molecule has 1 N–H and O–H groups in total. The van der Waals surface area contributed by atoms with Crippen LogP contribution in [0.25, 0.3) is 22.4 Å². The van der Waals surface area contributed by atoms with Gasteiger partial charge in [-0.05, 0) is 43.0 Å². The smallest absolute Gasteiger partial charge is 0.246 e. The zero-order valence-corrected chi connectivity index (χ0v) is 15.8.